The maximum Gasteiger partial charge on any atom is 0.256 e. The molecular weight excluding hydrogens is 318 g/mol. The minimum atomic E-state index is 0.0559. The molecule has 1 aromatic carbocycles. The lowest BCUT2D eigenvalue weighted by Gasteiger charge is -2.15. The van der Waals surface area contributed by atoms with Crippen LogP contribution in [-0.2, 0) is 13.1 Å². The summed E-state index contributed by atoms with van der Waals surface area (Å²) in [7, 11) is 3.78. The molecule has 5 heteroatoms. The summed E-state index contributed by atoms with van der Waals surface area (Å²) < 4.78 is 3.04. The number of rotatable bonds is 2. The van der Waals surface area contributed by atoms with E-state index in [0.717, 1.165) is 28.0 Å². The molecular formula is C15H16BrN3O. The minimum Gasteiger partial charge on any atom is -0.336 e. The van der Waals surface area contributed by atoms with E-state index in [1.165, 1.54) is 5.56 Å². The topological polar surface area (TPSA) is 37.3 Å². The highest BCUT2D eigenvalue weighted by molar-refractivity contribution is 9.10. The molecule has 3 rings (SSSR count). The first-order chi connectivity index (χ1) is 9.61. The summed E-state index contributed by atoms with van der Waals surface area (Å²) in [6.45, 7) is 1.42. The Kier molecular flexibility index (Phi) is 3.40. The summed E-state index contributed by atoms with van der Waals surface area (Å²) in [4.78, 5) is 14.3. The summed E-state index contributed by atoms with van der Waals surface area (Å²) in [6, 6.07) is 7.96. The van der Waals surface area contributed by atoms with Crippen LogP contribution in [0.4, 0.5) is 0 Å². The predicted molar refractivity (Wildman–Crippen MR) is 82.0 cm³/mol. The molecule has 2 aromatic rings. The zero-order chi connectivity index (χ0) is 14.3. The third kappa shape index (κ3) is 2.07. The SMILES string of the molecule is CNCc1ccn2c1CN(C)C(=O)c1cc(Br)ccc1-2. The van der Waals surface area contributed by atoms with Crippen molar-refractivity contribution >= 4 is 21.8 Å². The van der Waals surface area contributed by atoms with Gasteiger partial charge in [0, 0.05) is 30.0 Å². The van der Waals surface area contributed by atoms with Crippen LogP contribution in [0.25, 0.3) is 5.69 Å². The van der Waals surface area contributed by atoms with Gasteiger partial charge in [-0.2, -0.15) is 0 Å². The van der Waals surface area contributed by atoms with Crippen molar-refractivity contribution in [3.8, 4) is 5.69 Å². The lowest BCUT2D eigenvalue weighted by Crippen LogP contribution is -2.25. The standard InChI is InChI=1S/C15H16BrN3O/c1-17-8-10-5-6-19-13-4-3-11(16)7-12(13)15(20)18(2)9-14(10)19/h3-7,17H,8-9H2,1-2H3. The number of nitrogens with one attached hydrogen (secondary N) is 1. The molecule has 0 radical (unpaired) electrons. The van der Waals surface area contributed by atoms with E-state index in [1.54, 1.807) is 4.90 Å². The smallest absolute Gasteiger partial charge is 0.256 e. The van der Waals surface area contributed by atoms with E-state index in [0.29, 0.717) is 6.54 Å². The molecule has 1 aliphatic rings. The number of amides is 1. The fourth-order valence-corrected chi connectivity index (χ4v) is 3.01. The highest BCUT2D eigenvalue weighted by atomic mass is 79.9. The number of fused-ring (bicyclic) bond motifs is 3. The number of halogens is 1. The molecule has 0 spiro atoms. The zero-order valence-electron chi connectivity index (χ0n) is 11.5. The van der Waals surface area contributed by atoms with Crippen LogP contribution in [0.2, 0.25) is 0 Å². The molecule has 4 nitrogen and oxygen atoms in total. The van der Waals surface area contributed by atoms with Crippen LogP contribution < -0.4 is 5.32 Å². The molecule has 1 aliphatic heterocycles. The molecule has 0 bridgehead atoms. The van der Waals surface area contributed by atoms with Gasteiger partial charge in [-0.1, -0.05) is 15.9 Å². The summed E-state index contributed by atoms with van der Waals surface area (Å²) in [5, 5.41) is 3.18. The lowest BCUT2D eigenvalue weighted by atomic mass is 10.1. The number of carbonyl (C=O) groups is 1. The highest BCUT2D eigenvalue weighted by Gasteiger charge is 2.25. The lowest BCUT2D eigenvalue weighted by molar-refractivity contribution is 0.0787. The number of aromatic nitrogens is 1. The first kappa shape index (κ1) is 13.4. The van der Waals surface area contributed by atoms with Gasteiger partial charge < -0.3 is 14.8 Å². The Bertz CT molecular complexity index is 678. The third-order valence-corrected chi connectivity index (χ3v) is 4.13. The quantitative estimate of drug-likeness (QED) is 0.917. The van der Waals surface area contributed by atoms with Gasteiger partial charge in [-0.15, -0.1) is 0 Å². The van der Waals surface area contributed by atoms with Crippen LogP contribution in [-0.4, -0.2) is 29.5 Å². The van der Waals surface area contributed by atoms with Crippen molar-refractivity contribution < 1.29 is 4.79 Å². The zero-order valence-corrected chi connectivity index (χ0v) is 13.1. The molecule has 20 heavy (non-hydrogen) atoms. The molecule has 0 unspecified atom stereocenters. The Balaban J connectivity index is 2.23. The van der Waals surface area contributed by atoms with E-state index in [-0.39, 0.29) is 5.91 Å². The summed E-state index contributed by atoms with van der Waals surface area (Å²) in [6.07, 6.45) is 2.04. The summed E-state index contributed by atoms with van der Waals surface area (Å²) >= 11 is 3.44. The second kappa shape index (κ2) is 5.07. The molecule has 0 fully saturated rings. The van der Waals surface area contributed by atoms with Gasteiger partial charge in [0.25, 0.3) is 5.91 Å². The van der Waals surface area contributed by atoms with E-state index in [4.69, 9.17) is 0 Å². The van der Waals surface area contributed by atoms with Gasteiger partial charge in [0.15, 0.2) is 0 Å². The molecule has 1 amide bonds. The van der Waals surface area contributed by atoms with Crippen LogP contribution >= 0.6 is 15.9 Å². The fraction of sp³-hybridized carbons (Fsp3) is 0.267. The van der Waals surface area contributed by atoms with E-state index in [1.807, 2.05) is 38.5 Å². The number of carbonyl (C=O) groups excluding carboxylic acids is 1. The summed E-state index contributed by atoms with van der Waals surface area (Å²) in [5.41, 5.74) is 4.06. The number of benzene rings is 1. The normalized spacial score (nSPS) is 13.9. The maximum absolute atomic E-state index is 12.5. The van der Waals surface area contributed by atoms with E-state index < -0.39 is 0 Å². The molecule has 0 aliphatic carbocycles. The Labute approximate surface area is 126 Å². The van der Waals surface area contributed by atoms with Crippen LogP contribution in [0.15, 0.2) is 34.9 Å². The Morgan fingerprint density at radius 1 is 1.35 bits per heavy atom. The van der Waals surface area contributed by atoms with Gasteiger partial charge in [-0.05, 0) is 36.9 Å². The number of hydrogen-bond acceptors (Lipinski definition) is 2. The Hall–Kier alpha value is -1.59. The van der Waals surface area contributed by atoms with Crippen LogP contribution in [0.1, 0.15) is 21.6 Å². The first-order valence-corrected chi connectivity index (χ1v) is 7.30. The van der Waals surface area contributed by atoms with Gasteiger partial charge in [0.1, 0.15) is 0 Å². The van der Waals surface area contributed by atoms with Crippen LogP contribution in [0.5, 0.6) is 0 Å². The molecule has 0 atom stereocenters. The molecule has 2 heterocycles. The highest BCUT2D eigenvalue weighted by Crippen LogP contribution is 2.28. The Morgan fingerprint density at radius 2 is 2.15 bits per heavy atom. The van der Waals surface area contributed by atoms with Crippen molar-refractivity contribution in [2.75, 3.05) is 14.1 Å². The van der Waals surface area contributed by atoms with Crippen LogP contribution in [0, 0.1) is 0 Å². The third-order valence-electron chi connectivity index (χ3n) is 3.64. The van der Waals surface area contributed by atoms with Crippen molar-refractivity contribution in [3.05, 3.63) is 51.8 Å². The van der Waals surface area contributed by atoms with E-state index >= 15 is 0 Å². The van der Waals surface area contributed by atoms with E-state index in [2.05, 4.69) is 31.9 Å². The van der Waals surface area contributed by atoms with Crippen molar-refractivity contribution in [2.24, 2.45) is 0 Å². The molecule has 104 valence electrons. The monoisotopic (exact) mass is 333 g/mol. The van der Waals surface area contributed by atoms with E-state index in [9.17, 15) is 4.79 Å². The van der Waals surface area contributed by atoms with Crippen LogP contribution in [0.3, 0.4) is 0 Å². The van der Waals surface area contributed by atoms with Gasteiger partial charge in [0.2, 0.25) is 0 Å². The number of hydrogen-bond donors (Lipinski definition) is 1. The maximum atomic E-state index is 12.5. The minimum absolute atomic E-state index is 0.0559. The number of nitrogens with zero attached hydrogens (tertiary/aromatic N) is 2. The predicted octanol–water partition coefficient (Wildman–Crippen LogP) is 2.54. The summed E-state index contributed by atoms with van der Waals surface area (Å²) in [5.74, 6) is 0.0559. The van der Waals surface area contributed by atoms with Gasteiger partial charge in [-0.3, -0.25) is 4.79 Å². The van der Waals surface area contributed by atoms with Gasteiger partial charge in [0.05, 0.1) is 17.8 Å². The fourth-order valence-electron chi connectivity index (χ4n) is 2.65. The Morgan fingerprint density at radius 3 is 2.90 bits per heavy atom. The van der Waals surface area contributed by atoms with Crippen molar-refractivity contribution in [2.45, 2.75) is 13.1 Å². The van der Waals surface area contributed by atoms with Gasteiger partial charge >= 0.3 is 0 Å². The molecule has 1 N–H and O–H groups in total. The molecule has 1 aromatic heterocycles. The van der Waals surface area contributed by atoms with Crippen molar-refractivity contribution in [1.82, 2.24) is 14.8 Å². The van der Waals surface area contributed by atoms with Crippen molar-refractivity contribution in [1.29, 1.82) is 0 Å². The average molecular weight is 334 g/mol. The second-order valence-corrected chi connectivity index (χ2v) is 5.93. The van der Waals surface area contributed by atoms with Gasteiger partial charge in [-0.25, -0.2) is 0 Å². The first-order valence-electron chi connectivity index (χ1n) is 6.51. The van der Waals surface area contributed by atoms with Crippen molar-refractivity contribution in [3.63, 3.8) is 0 Å². The largest absolute Gasteiger partial charge is 0.336 e. The second-order valence-electron chi connectivity index (χ2n) is 5.01. The molecule has 0 saturated heterocycles. The average Bonchev–Trinajstić information content (AvgIpc) is 2.77. The molecule has 0 saturated carbocycles.